The summed E-state index contributed by atoms with van der Waals surface area (Å²) in [6, 6.07) is -0.151. The van der Waals surface area contributed by atoms with Gasteiger partial charge in [-0.05, 0) is 13.0 Å². The molecule has 0 spiro atoms. The number of hydrogen-bond acceptors (Lipinski definition) is 4. The summed E-state index contributed by atoms with van der Waals surface area (Å²) in [5.74, 6) is -1.23. The van der Waals surface area contributed by atoms with Gasteiger partial charge in [-0.1, -0.05) is 6.92 Å². The van der Waals surface area contributed by atoms with Crippen LogP contribution in [0.5, 0.6) is 0 Å². The fourth-order valence-electron chi connectivity index (χ4n) is 1.96. The predicted molar refractivity (Wildman–Crippen MR) is 57.2 cm³/mol. The highest BCUT2D eigenvalue weighted by Gasteiger charge is 2.31. The molecular formula is C10H18N2O4. The number of carbonyl (C=O) groups excluding carboxylic acids is 1. The fourth-order valence-corrected chi connectivity index (χ4v) is 1.96. The molecule has 1 aliphatic heterocycles. The Kier molecular flexibility index (Phi) is 4.54. The van der Waals surface area contributed by atoms with Crippen molar-refractivity contribution >= 4 is 12.1 Å². The molecule has 6 nitrogen and oxygen atoms in total. The number of rotatable bonds is 3. The quantitative estimate of drug-likeness (QED) is 0.721. The fraction of sp³-hybridized carbons (Fsp3) is 0.800. The molecule has 1 aliphatic rings. The second-order valence-corrected chi connectivity index (χ2v) is 3.96. The van der Waals surface area contributed by atoms with Crippen LogP contribution >= 0.6 is 0 Å². The van der Waals surface area contributed by atoms with Crippen LogP contribution in [0.1, 0.15) is 13.3 Å². The zero-order chi connectivity index (χ0) is 12.1. The number of hydrogen-bond donors (Lipinski definition) is 2. The number of carbonyl (C=O) groups is 2. The number of nitrogens with zero attached hydrogens (tertiary/aromatic N) is 1. The number of carboxylic acid groups (broad SMARTS) is 1. The first-order valence-electron chi connectivity index (χ1n) is 5.36. The number of piperidine rings is 1. The van der Waals surface area contributed by atoms with Gasteiger partial charge in [0.15, 0.2) is 0 Å². The van der Waals surface area contributed by atoms with Crippen molar-refractivity contribution in [2.75, 3.05) is 26.7 Å². The van der Waals surface area contributed by atoms with Crippen LogP contribution in [0.4, 0.5) is 4.79 Å². The molecule has 16 heavy (non-hydrogen) atoms. The molecule has 1 saturated heterocycles. The van der Waals surface area contributed by atoms with Gasteiger partial charge >= 0.3 is 12.1 Å². The summed E-state index contributed by atoms with van der Waals surface area (Å²) in [5.41, 5.74) is 0. The average molecular weight is 230 g/mol. The Hall–Kier alpha value is -1.30. The molecule has 2 atom stereocenters. The normalized spacial score (nSPS) is 26.1. The summed E-state index contributed by atoms with van der Waals surface area (Å²) in [6.45, 7) is 3.98. The Morgan fingerprint density at radius 3 is 2.69 bits per heavy atom. The summed E-state index contributed by atoms with van der Waals surface area (Å²) in [4.78, 5) is 24.0. The number of methoxy groups -OCH3 is 1. The molecular weight excluding hydrogens is 212 g/mol. The van der Waals surface area contributed by atoms with E-state index >= 15 is 0 Å². The van der Waals surface area contributed by atoms with Crippen molar-refractivity contribution in [2.24, 2.45) is 5.92 Å². The van der Waals surface area contributed by atoms with E-state index in [1.807, 2.05) is 11.8 Å². The van der Waals surface area contributed by atoms with E-state index in [1.54, 1.807) is 0 Å². The number of likely N-dealkylation sites (tertiary alicyclic amines) is 1. The molecule has 0 bridgehead atoms. The Balaban J connectivity index is 2.57. The first-order chi connectivity index (χ1) is 7.56. The predicted octanol–water partition coefficient (Wildman–Crippen LogP) is 0.137. The number of ether oxygens (including phenoxy) is 1. The molecule has 0 radical (unpaired) electrons. The summed E-state index contributed by atoms with van der Waals surface area (Å²) in [5, 5.41) is 11.6. The van der Waals surface area contributed by atoms with Gasteiger partial charge in [-0.2, -0.15) is 0 Å². The van der Waals surface area contributed by atoms with Crippen molar-refractivity contribution in [3.63, 3.8) is 0 Å². The third kappa shape index (κ3) is 3.37. The van der Waals surface area contributed by atoms with Gasteiger partial charge in [0.05, 0.1) is 13.0 Å². The summed E-state index contributed by atoms with van der Waals surface area (Å²) >= 11 is 0. The largest absolute Gasteiger partial charge is 0.481 e. The monoisotopic (exact) mass is 230 g/mol. The van der Waals surface area contributed by atoms with E-state index in [-0.39, 0.29) is 6.04 Å². The first-order valence-corrected chi connectivity index (χ1v) is 5.36. The highest BCUT2D eigenvalue weighted by molar-refractivity contribution is 5.71. The molecule has 1 heterocycles. The minimum Gasteiger partial charge on any atom is -0.481 e. The van der Waals surface area contributed by atoms with E-state index in [4.69, 9.17) is 5.11 Å². The van der Waals surface area contributed by atoms with Gasteiger partial charge in [0, 0.05) is 19.1 Å². The Morgan fingerprint density at radius 2 is 2.19 bits per heavy atom. The number of carboxylic acids is 1. The number of amides is 1. The molecule has 0 saturated carbocycles. The van der Waals surface area contributed by atoms with E-state index < -0.39 is 18.0 Å². The van der Waals surface area contributed by atoms with Crippen molar-refractivity contribution in [1.29, 1.82) is 0 Å². The van der Waals surface area contributed by atoms with Crippen molar-refractivity contribution in [2.45, 2.75) is 19.4 Å². The molecule has 0 aromatic heterocycles. The molecule has 0 aliphatic carbocycles. The zero-order valence-electron chi connectivity index (χ0n) is 9.60. The standard InChI is InChI=1S/C10H18N2O4/c1-3-12-5-7(9(13)14)4-8(6-12)11-10(15)16-2/h7-8H,3-6H2,1-2H3,(H,11,15)(H,13,14). The SMILES string of the molecule is CCN1CC(NC(=O)OC)CC(C(=O)O)C1. The topological polar surface area (TPSA) is 78.9 Å². The minimum atomic E-state index is -0.810. The summed E-state index contributed by atoms with van der Waals surface area (Å²) in [7, 11) is 1.30. The Labute approximate surface area is 94.6 Å². The van der Waals surface area contributed by atoms with Crippen LogP contribution in [0.15, 0.2) is 0 Å². The average Bonchev–Trinajstić information content (AvgIpc) is 2.28. The van der Waals surface area contributed by atoms with Crippen LogP contribution < -0.4 is 5.32 Å². The van der Waals surface area contributed by atoms with Crippen LogP contribution in [-0.4, -0.2) is 54.9 Å². The Bertz CT molecular complexity index is 270. The van der Waals surface area contributed by atoms with Crippen LogP contribution in [0.3, 0.4) is 0 Å². The van der Waals surface area contributed by atoms with Gasteiger partial charge in [0.1, 0.15) is 0 Å². The molecule has 92 valence electrons. The van der Waals surface area contributed by atoms with E-state index in [2.05, 4.69) is 10.1 Å². The second-order valence-electron chi connectivity index (χ2n) is 3.96. The van der Waals surface area contributed by atoms with Gasteiger partial charge in [0.25, 0.3) is 0 Å². The van der Waals surface area contributed by atoms with Crippen molar-refractivity contribution in [3.05, 3.63) is 0 Å². The van der Waals surface area contributed by atoms with Crippen LogP contribution in [0, 0.1) is 5.92 Å². The second kappa shape index (κ2) is 5.69. The number of nitrogens with one attached hydrogen (secondary N) is 1. The van der Waals surface area contributed by atoms with E-state index in [1.165, 1.54) is 7.11 Å². The van der Waals surface area contributed by atoms with Crippen molar-refractivity contribution in [1.82, 2.24) is 10.2 Å². The molecule has 0 aromatic rings. The lowest BCUT2D eigenvalue weighted by atomic mass is 9.94. The summed E-state index contributed by atoms with van der Waals surface area (Å²) in [6.07, 6.45) is -0.0481. The lowest BCUT2D eigenvalue weighted by molar-refractivity contribution is -0.144. The molecule has 6 heteroatoms. The van der Waals surface area contributed by atoms with Gasteiger partial charge in [-0.3, -0.25) is 4.79 Å². The maximum atomic E-state index is 11.1. The van der Waals surface area contributed by atoms with Crippen LogP contribution in [0.25, 0.3) is 0 Å². The minimum absolute atomic E-state index is 0.151. The third-order valence-electron chi connectivity index (χ3n) is 2.83. The lowest BCUT2D eigenvalue weighted by Gasteiger charge is -2.35. The van der Waals surface area contributed by atoms with Gasteiger partial charge in [-0.25, -0.2) is 4.79 Å². The molecule has 2 N–H and O–H groups in total. The molecule has 1 fully saturated rings. The molecule has 1 amide bonds. The van der Waals surface area contributed by atoms with E-state index in [9.17, 15) is 9.59 Å². The summed E-state index contributed by atoms with van der Waals surface area (Å²) < 4.78 is 4.50. The number of aliphatic carboxylic acids is 1. The maximum Gasteiger partial charge on any atom is 0.407 e. The van der Waals surface area contributed by atoms with Gasteiger partial charge in [0.2, 0.25) is 0 Å². The first kappa shape index (κ1) is 12.8. The van der Waals surface area contributed by atoms with Gasteiger partial charge in [-0.15, -0.1) is 0 Å². The molecule has 0 aromatic carbocycles. The van der Waals surface area contributed by atoms with E-state index in [0.29, 0.717) is 19.5 Å². The zero-order valence-corrected chi connectivity index (χ0v) is 9.60. The van der Waals surface area contributed by atoms with Crippen LogP contribution in [-0.2, 0) is 9.53 Å². The van der Waals surface area contributed by atoms with Crippen molar-refractivity contribution in [3.8, 4) is 0 Å². The van der Waals surface area contributed by atoms with Crippen LogP contribution in [0.2, 0.25) is 0 Å². The molecule has 1 rings (SSSR count). The highest BCUT2D eigenvalue weighted by Crippen LogP contribution is 2.17. The number of likely N-dealkylation sites (N-methyl/N-ethyl adjacent to an activating group) is 1. The van der Waals surface area contributed by atoms with E-state index in [0.717, 1.165) is 6.54 Å². The lowest BCUT2D eigenvalue weighted by Crippen LogP contribution is -2.52. The van der Waals surface area contributed by atoms with Crippen molar-refractivity contribution < 1.29 is 19.4 Å². The molecule has 2 unspecified atom stereocenters. The highest BCUT2D eigenvalue weighted by atomic mass is 16.5. The Morgan fingerprint density at radius 1 is 1.50 bits per heavy atom. The smallest absolute Gasteiger partial charge is 0.407 e. The van der Waals surface area contributed by atoms with Gasteiger partial charge < -0.3 is 20.1 Å². The maximum absolute atomic E-state index is 11.1. The number of alkyl carbamates (subject to hydrolysis) is 1. The third-order valence-corrected chi connectivity index (χ3v) is 2.83.